The fourth-order valence-corrected chi connectivity index (χ4v) is 2.72. The van der Waals surface area contributed by atoms with Crippen molar-refractivity contribution >= 4 is 40.4 Å². The van der Waals surface area contributed by atoms with Crippen molar-refractivity contribution < 1.29 is 18.7 Å². The Labute approximate surface area is 165 Å². The van der Waals surface area contributed by atoms with Gasteiger partial charge in [0.1, 0.15) is 17.2 Å². The van der Waals surface area contributed by atoms with Crippen LogP contribution in [0.1, 0.15) is 11.3 Å². The predicted molar refractivity (Wildman–Crippen MR) is 108 cm³/mol. The second-order valence-corrected chi connectivity index (χ2v) is 6.36. The fourth-order valence-electron chi connectivity index (χ4n) is 2.19. The minimum absolute atomic E-state index is 0.0782. The van der Waals surface area contributed by atoms with E-state index in [4.69, 9.17) is 9.15 Å². The molecule has 3 aromatic rings. The van der Waals surface area contributed by atoms with Crippen molar-refractivity contribution in [3.8, 4) is 5.75 Å². The molecule has 1 aromatic carbocycles. The smallest absolute Gasteiger partial charge is 0.273 e. The molecule has 2 N–H and O–H groups in total. The lowest BCUT2D eigenvalue weighted by atomic mass is 10.1. The first-order valence-electron chi connectivity index (χ1n) is 8.23. The number of methoxy groups -OCH3 is 1. The number of nitrogens with one attached hydrogen (secondary N) is 2. The Morgan fingerprint density at radius 2 is 2.04 bits per heavy atom. The van der Waals surface area contributed by atoms with Crippen LogP contribution in [0.5, 0.6) is 5.75 Å². The molecule has 0 saturated carbocycles. The summed E-state index contributed by atoms with van der Waals surface area (Å²) in [5, 5.41) is 7.43. The molecule has 3 rings (SSSR count). The Morgan fingerprint density at radius 3 is 2.68 bits per heavy atom. The summed E-state index contributed by atoms with van der Waals surface area (Å²) in [5.41, 5.74) is 0.801. The molecule has 0 radical (unpaired) electrons. The van der Waals surface area contributed by atoms with E-state index in [9.17, 15) is 9.59 Å². The maximum Gasteiger partial charge on any atom is 0.273 e. The fraction of sp³-hybridized carbons (Fsp3) is 0.0500. The molecule has 0 atom stereocenters. The van der Waals surface area contributed by atoms with E-state index >= 15 is 0 Å². The third-order valence-electron chi connectivity index (χ3n) is 3.52. The van der Waals surface area contributed by atoms with Gasteiger partial charge in [-0.1, -0.05) is 12.1 Å². The maximum absolute atomic E-state index is 12.6. The Kier molecular flexibility index (Phi) is 6.37. The molecular formula is C20H17N3O4S. The summed E-state index contributed by atoms with van der Waals surface area (Å²) < 4.78 is 10.3. The number of benzene rings is 1. The molecule has 2 amide bonds. The molecule has 2 aromatic heterocycles. The molecule has 142 valence electrons. The predicted octanol–water partition coefficient (Wildman–Crippen LogP) is 3.55. The number of amides is 2. The van der Waals surface area contributed by atoms with Gasteiger partial charge in [0.05, 0.1) is 13.4 Å². The normalized spacial score (nSPS) is 11.4. The topological polar surface area (TPSA) is 93.5 Å². The van der Waals surface area contributed by atoms with E-state index < -0.39 is 11.8 Å². The van der Waals surface area contributed by atoms with Crippen LogP contribution in [0.3, 0.4) is 0 Å². The van der Waals surface area contributed by atoms with E-state index in [1.54, 1.807) is 61.2 Å². The van der Waals surface area contributed by atoms with Crippen LogP contribution in [0.25, 0.3) is 12.2 Å². The molecular weight excluding hydrogens is 378 g/mol. The zero-order valence-electron chi connectivity index (χ0n) is 14.9. The highest BCUT2D eigenvalue weighted by molar-refractivity contribution is 7.13. The van der Waals surface area contributed by atoms with Gasteiger partial charge in [0.25, 0.3) is 5.91 Å². The summed E-state index contributed by atoms with van der Waals surface area (Å²) >= 11 is 1.28. The van der Waals surface area contributed by atoms with Crippen molar-refractivity contribution in [1.29, 1.82) is 0 Å². The molecule has 0 spiro atoms. The Morgan fingerprint density at radius 1 is 1.21 bits per heavy atom. The number of thiazole rings is 1. The molecule has 0 aliphatic heterocycles. The number of rotatable bonds is 7. The van der Waals surface area contributed by atoms with Gasteiger partial charge in [0.2, 0.25) is 5.91 Å². The second kappa shape index (κ2) is 9.33. The van der Waals surface area contributed by atoms with Gasteiger partial charge in [0, 0.05) is 17.7 Å². The summed E-state index contributed by atoms with van der Waals surface area (Å²) in [5.74, 6) is 0.274. The molecule has 2 heterocycles. The van der Waals surface area contributed by atoms with E-state index in [2.05, 4.69) is 15.6 Å². The van der Waals surface area contributed by atoms with Crippen molar-refractivity contribution in [2.45, 2.75) is 0 Å². The molecule has 7 nitrogen and oxygen atoms in total. The number of anilines is 1. The molecule has 0 aliphatic rings. The highest BCUT2D eigenvalue weighted by Gasteiger charge is 2.13. The van der Waals surface area contributed by atoms with Crippen molar-refractivity contribution in [2.24, 2.45) is 0 Å². The van der Waals surface area contributed by atoms with Gasteiger partial charge >= 0.3 is 0 Å². The van der Waals surface area contributed by atoms with Crippen molar-refractivity contribution in [3.63, 3.8) is 0 Å². The van der Waals surface area contributed by atoms with Crippen LogP contribution in [-0.4, -0.2) is 23.9 Å². The molecule has 0 bridgehead atoms. The van der Waals surface area contributed by atoms with Gasteiger partial charge in [-0.25, -0.2) is 4.98 Å². The Bertz CT molecular complexity index is 975. The van der Waals surface area contributed by atoms with Crippen LogP contribution in [0, 0.1) is 0 Å². The first kappa shape index (κ1) is 19.1. The number of hydrogen-bond acceptors (Lipinski definition) is 6. The van der Waals surface area contributed by atoms with Gasteiger partial charge in [-0.3, -0.25) is 14.9 Å². The van der Waals surface area contributed by atoms with Gasteiger partial charge in [-0.2, -0.15) is 0 Å². The zero-order chi connectivity index (χ0) is 19.8. The van der Waals surface area contributed by atoms with Crippen LogP contribution < -0.4 is 15.4 Å². The van der Waals surface area contributed by atoms with Gasteiger partial charge < -0.3 is 14.5 Å². The lowest BCUT2D eigenvalue weighted by Gasteiger charge is -2.08. The number of ether oxygens (including phenoxy) is 1. The number of nitrogens with zero attached hydrogens (tertiary/aromatic N) is 1. The highest BCUT2D eigenvalue weighted by atomic mass is 32.1. The Balaban J connectivity index is 1.79. The van der Waals surface area contributed by atoms with Gasteiger partial charge in [0.15, 0.2) is 5.13 Å². The average Bonchev–Trinajstić information content (AvgIpc) is 3.40. The summed E-state index contributed by atoms with van der Waals surface area (Å²) in [6, 6.07) is 10.5. The van der Waals surface area contributed by atoms with Crippen molar-refractivity contribution in [2.75, 3.05) is 12.4 Å². The SMILES string of the molecule is COc1ccc(/C=C(\NC(=O)/C=C/c2ccco2)C(=O)Nc2nccs2)cc1. The molecule has 0 aliphatic carbocycles. The van der Waals surface area contributed by atoms with Crippen LogP contribution in [0.4, 0.5) is 5.13 Å². The third kappa shape index (κ3) is 5.42. The molecule has 8 heteroatoms. The first-order chi connectivity index (χ1) is 13.6. The summed E-state index contributed by atoms with van der Waals surface area (Å²) in [4.78, 5) is 28.9. The third-order valence-corrected chi connectivity index (χ3v) is 4.21. The van der Waals surface area contributed by atoms with Gasteiger partial charge in [-0.05, 0) is 42.0 Å². The van der Waals surface area contributed by atoms with E-state index in [1.165, 1.54) is 29.8 Å². The van der Waals surface area contributed by atoms with Crippen LogP contribution in [-0.2, 0) is 9.59 Å². The lowest BCUT2D eigenvalue weighted by molar-refractivity contribution is -0.118. The number of aromatic nitrogens is 1. The average molecular weight is 395 g/mol. The first-order valence-corrected chi connectivity index (χ1v) is 9.11. The van der Waals surface area contributed by atoms with Gasteiger partial charge in [-0.15, -0.1) is 11.3 Å². The minimum atomic E-state index is -0.481. The molecule has 0 unspecified atom stereocenters. The number of hydrogen-bond donors (Lipinski definition) is 2. The molecule has 28 heavy (non-hydrogen) atoms. The van der Waals surface area contributed by atoms with Crippen molar-refractivity contribution in [1.82, 2.24) is 10.3 Å². The number of carbonyl (C=O) groups is 2. The monoisotopic (exact) mass is 395 g/mol. The second-order valence-electron chi connectivity index (χ2n) is 5.46. The van der Waals surface area contributed by atoms with E-state index in [0.29, 0.717) is 16.6 Å². The summed E-state index contributed by atoms with van der Waals surface area (Å²) in [6.07, 6.45) is 7.46. The standard InChI is InChI=1S/C20H17N3O4S/c1-26-15-6-4-14(5-7-15)13-17(19(25)23-20-21-10-12-28-20)22-18(24)9-8-16-3-2-11-27-16/h2-13H,1H3,(H,22,24)(H,21,23,25)/b9-8+,17-13-. The zero-order valence-corrected chi connectivity index (χ0v) is 15.7. The Hall–Kier alpha value is -3.65. The van der Waals surface area contributed by atoms with E-state index in [-0.39, 0.29) is 5.70 Å². The largest absolute Gasteiger partial charge is 0.497 e. The van der Waals surface area contributed by atoms with Crippen LogP contribution >= 0.6 is 11.3 Å². The molecule has 0 fully saturated rings. The summed E-state index contributed by atoms with van der Waals surface area (Å²) in [6.45, 7) is 0. The van der Waals surface area contributed by atoms with Crippen LogP contribution in [0.15, 0.2) is 70.4 Å². The van der Waals surface area contributed by atoms with E-state index in [1.807, 2.05) is 0 Å². The number of furan rings is 1. The summed E-state index contributed by atoms with van der Waals surface area (Å²) in [7, 11) is 1.57. The lowest BCUT2D eigenvalue weighted by Crippen LogP contribution is -2.29. The quantitative estimate of drug-likeness (QED) is 0.597. The highest BCUT2D eigenvalue weighted by Crippen LogP contribution is 2.15. The van der Waals surface area contributed by atoms with Crippen LogP contribution in [0.2, 0.25) is 0 Å². The van der Waals surface area contributed by atoms with E-state index in [0.717, 1.165) is 5.56 Å². The maximum atomic E-state index is 12.6. The number of carbonyl (C=O) groups excluding carboxylic acids is 2. The van der Waals surface area contributed by atoms with Crippen molar-refractivity contribution in [3.05, 3.63) is 77.3 Å². The molecule has 0 saturated heterocycles. The minimum Gasteiger partial charge on any atom is -0.497 e.